The lowest BCUT2D eigenvalue weighted by molar-refractivity contribution is 0.652. The molecule has 0 heterocycles. The van der Waals surface area contributed by atoms with E-state index in [4.69, 9.17) is 0 Å². The van der Waals surface area contributed by atoms with Crippen LogP contribution in [0.2, 0.25) is 0 Å². The molecule has 1 atom stereocenters. The molecular weight excluding hydrogens is 122 g/mol. The molecule has 0 spiro atoms. The van der Waals surface area contributed by atoms with E-state index in [1.54, 1.807) is 0 Å². The zero-order valence-electron chi connectivity index (χ0n) is 6.46. The molecule has 1 rings (SSSR count). The second-order valence-electron chi connectivity index (χ2n) is 2.42. The highest BCUT2D eigenvalue weighted by atomic mass is 14.8. The normalized spacial score (nSPS) is 13.0. The van der Waals surface area contributed by atoms with Gasteiger partial charge in [0, 0.05) is 7.47 Å². The molecule has 1 heteroatoms. The van der Waals surface area contributed by atoms with Crippen LogP contribution in [0.15, 0.2) is 30.3 Å². The smallest absolute Gasteiger partial charge is 0.0289 e. The molecule has 1 N–H and O–H groups in total. The van der Waals surface area contributed by atoms with E-state index in [0.717, 1.165) is 0 Å². The zero-order chi connectivity index (χ0) is 7.40. The van der Waals surface area contributed by atoms with Crippen molar-refractivity contribution < 1.29 is 1.43 Å². The summed E-state index contributed by atoms with van der Waals surface area (Å²) in [5.41, 5.74) is 1.34. The van der Waals surface area contributed by atoms with Crippen molar-refractivity contribution in [3.8, 4) is 0 Å². The maximum absolute atomic E-state index is 3.18. The first-order valence-electron chi connectivity index (χ1n) is 3.57. The summed E-state index contributed by atoms with van der Waals surface area (Å²) >= 11 is 0. The van der Waals surface area contributed by atoms with E-state index in [2.05, 4.69) is 36.5 Å². The van der Waals surface area contributed by atoms with Crippen molar-refractivity contribution in [2.75, 3.05) is 7.05 Å². The highest BCUT2D eigenvalue weighted by Crippen LogP contribution is 2.09. The van der Waals surface area contributed by atoms with Gasteiger partial charge in [-0.25, -0.2) is 0 Å². The van der Waals surface area contributed by atoms with E-state index in [1.165, 1.54) is 5.56 Å². The Hall–Kier alpha value is -0.820. The number of benzene rings is 1. The third-order valence-electron chi connectivity index (χ3n) is 1.73. The molecule has 0 saturated carbocycles. The molecule has 0 bridgehead atoms. The quantitative estimate of drug-likeness (QED) is 0.659. The van der Waals surface area contributed by atoms with Gasteiger partial charge >= 0.3 is 0 Å². The largest absolute Gasteiger partial charge is 0.313 e. The monoisotopic (exact) mass is 137 g/mol. The summed E-state index contributed by atoms with van der Waals surface area (Å²) in [6, 6.07) is 10.9. The summed E-state index contributed by atoms with van der Waals surface area (Å²) in [5.74, 6) is 0. The van der Waals surface area contributed by atoms with E-state index in [9.17, 15) is 0 Å². The van der Waals surface area contributed by atoms with E-state index >= 15 is 0 Å². The van der Waals surface area contributed by atoms with Gasteiger partial charge in [0.25, 0.3) is 0 Å². The van der Waals surface area contributed by atoms with E-state index < -0.39 is 0 Å². The molecule has 1 aromatic rings. The van der Waals surface area contributed by atoms with Crippen LogP contribution in [0.4, 0.5) is 0 Å². The molecular formula is C9H15N. The minimum Gasteiger partial charge on any atom is -0.313 e. The molecule has 0 unspecified atom stereocenters. The molecule has 0 radical (unpaired) electrons. The lowest BCUT2D eigenvalue weighted by Crippen LogP contribution is -2.11. The Kier molecular flexibility index (Phi) is 2.46. The van der Waals surface area contributed by atoms with E-state index in [1.807, 2.05) is 13.1 Å². The molecule has 0 aliphatic heterocycles. The van der Waals surface area contributed by atoms with Gasteiger partial charge in [0.2, 0.25) is 0 Å². The van der Waals surface area contributed by atoms with Crippen LogP contribution in [0.3, 0.4) is 0 Å². The SMILES string of the molecule is CN[C@H](C)c1ccccc1.[HH]. The summed E-state index contributed by atoms with van der Waals surface area (Å²) in [6.07, 6.45) is 0. The van der Waals surface area contributed by atoms with Gasteiger partial charge in [0.1, 0.15) is 0 Å². The molecule has 10 heavy (non-hydrogen) atoms. The van der Waals surface area contributed by atoms with Gasteiger partial charge in [-0.05, 0) is 19.5 Å². The summed E-state index contributed by atoms with van der Waals surface area (Å²) in [4.78, 5) is 0. The number of nitrogens with one attached hydrogen (secondary N) is 1. The topological polar surface area (TPSA) is 12.0 Å². The Balaban J connectivity index is 0.000001000. The summed E-state index contributed by atoms with van der Waals surface area (Å²) in [6.45, 7) is 2.15. The maximum Gasteiger partial charge on any atom is 0.0289 e. The van der Waals surface area contributed by atoms with Crippen molar-refractivity contribution in [3.05, 3.63) is 35.9 Å². The Morgan fingerprint density at radius 1 is 1.30 bits per heavy atom. The Bertz CT molecular complexity index is 186. The summed E-state index contributed by atoms with van der Waals surface area (Å²) in [7, 11) is 1.97. The molecule has 1 aromatic carbocycles. The van der Waals surface area contributed by atoms with Gasteiger partial charge in [-0.1, -0.05) is 30.3 Å². The van der Waals surface area contributed by atoms with Crippen molar-refractivity contribution in [3.63, 3.8) is 0 Å². The number of hydrogen-bond donors (Lipinski definition) is 1. The highest BCUT2D eigenvalue weighted by Gasteiger charge is 1.97. The van der Waals surface area contributed by atoms with Crippen LogP contribution >= 0.6 is 0 Å². The van der Waals surface area contributed by atoms with Crippen LogP contribution in [0.5, 0.6) is 0 Å². The van der Waals surface area contributed by atoms with Crippen LogP contribution in [-0.4, -0.2) is 7.05 Å². The molecule has 0 aliphatic carbocycles. The first-order valence-corrected chi connectivity index (χ1v) is 3.57. The van der Waals surface area contributed by atoms with E-state index in [-0.39, 0.29) is 1.43 Å². The number of rotatable bonds is 2. The lowest BCUT2D eigenvalue weighted by atomic mass is 10.1. The summed E-state index contributed by atoms with van der Waals surface area (Å²) < 4.78 is 0. The van der Waals surface area contributed by atoms with Crippen molar-refractivity contribution in [2.24, 2.45) is 0 Å². The minimum absolute atomic E-state index is 0. The Morgan fingerprint density at radius 3 is 2.40 bits per heavy atom. The molecule has 0 saturated heterocycles. The highest BCUT2D eigenvalue weighted by molar-refractivity contribution is 5.17. The van der Waals surface area contributed by atoms with Gasteiger partial charge in [-0.2, -0.15) is 0 Å². The summed E-state index contributed by atoms with van der Waals surface area (Å²) in [5, 5.41) is 3.18. The van der Waals surface area contributed by atoms with E-state index in [0.29, 0.717) is 6.04 Å². The van der Waals surface area contributed by atoms with Crippen LogP contribution in [0, 0.1) is 0 Å². The van der Waals surface area contributed by atoms with Gasteiger partial charge in [0.05, 0.1) is 0 Å². The minimum atomic E-state index is 0. The van der Waals surface area contributed by atoms with Crippen molar-refractivity contribution >= 4 is 0 Å². The maximum atomic E-state index is 3.18. The second kappa shape index (κ2) is 3.37. The lowest BCUT2D eigenvalue weighted by Gasteiger charge is -2.08. The first-order chi connectivity index (χ1) is 4.84. The van der Waals surface area contributed by atoms with Crippen LogP contribution < -0.4 is 5.32 Å². The van der Waals surface area contributed by atoms with Gasteiger partial charge in [-0.15, -0.1) is 0 Å². The van der Waals surface area contributed by atoms with Crippen LogP contribution in [-0.2, 0) is 0 Å². The standard InChI is InChI=1S/C9H13N.H2/c1-8(10-2)9-6-4-3-5-7-9;/h3-8,10H,1-2H3;1H/t8-;/m1./s1. The predicted molar refractivity (Wildman–Crippen MR) is 46.0 cm³/mol. The average Bonchev–Trinajstić information content (AvgIpc) is 2.05. The molecule has 0 amide bonds. The fourth-order valence-corrected chi connectivity index (χ4v) is 0.908. The first kappa shape index (κ1) is 7.29. The Labute approximate surface area is 63.6 Å². The van der Waals surface area contributed by atoms with Crippen LogP contribution in [0.25, 0.3) is 0 Å². The fraction of sp³-hybridized carbons (Fsp3) is 0.333. The van der Waals surface area contributed by atoms with Gasteiger partial charge in [0.15, 0.2) is 0 Å². The molecule has 0 fully saturated rings. The Morgan fingerprint density at radius 2 is 1.90 bits per heavy atom. The molecule has 1 nitrogen and oxygen atoms in total. The van der Waals surface area contributed by atoms with Crippen LogP contribution in [0.1, 0.15) is 20.0 Å². The van der Waals surface area contributed by atoms with Crippen molar-refractivity contribution in [2.45, 2.75) is 13.0 Å². The molecule has 0 aromatic heterocycles. The predicted octanol–water partition coefficient (Wildman–Crippen LogP) is 2.21. The third kappa shape index (κ3) is 1.58. The molecule has 0 aliphatic rings. The van der Waals surface area contributed by atoms with Gasteiger partial charge < -0.3 is 5.32 Å². The average molecular weight is 137 g/mol. The van der Waals surface area contributed by atoms with Crippen molar-refractivity contribution in [1.82, 2.24) is 5.32 Å². The van der Waals surface area contributed by atoms with Gasteiger partial charge in [-0.3, -0.25) is 0 Å². The number of hydrogen-bond acceptors (Lipinski definition) is 1. The fourth-order valence-electron chi connectivity index (χ4n) is 0.908. The third-order valence-corrected chi connectivity index (χ3v) is 1.73. The second-order valence-corrected chi connectivity index (χ2v) is 2.42. The molecule has 56 valence electrons. The zero-order valence-corrected chi connectivity index (χ0v) is 6.46. The van der Waals surface area contributed by atoms with Crippen molar-refractivity contribution in [1.29, 1.82) is 0 Å².